The highest BCUT2D eigenvalue weighted by Gasteiger charge is 2.14. The van der Waals surface area contributed by atoms with Gasteiger partial charge in [0.1, 0.15) is 6.61 Å². The fourth-order valence-electron chi connectivity index (χ4n) is 1.65. The highest BCUT2D eigenvalue weighted by Crippen LogP contribution is 1.94. The fraction of sp³-hybridized carbons (Fsp3) is 0.667. The van der Waals surface area contributed by atoms with Gasteiger partial charge >= 0.3 is 5.97 Å². The number of aliphatic hydroxyl groups is 1. The first kappa shape index (κ1) is 31.4. The molecular weight excluding hydrogens is 358 g/mol. The molecule has 0 rings (SSSR count). The number of carboxylic acid groups (broad SMARTS) is 3. The van der Waals surface area contributed by atoms with Crippen LogP contribution in [0.2, 0.25) is 0 Å². The molecule has 0 atom stereocenters. The summed E-state index contributed by atoms with van der Waals surface area (Å²) in [7, 11) is 0. The van der Waals surface area contributed by atoms with Gasteiger partial charge in [-0.25, -0.2) is 0 Å². The molecule has 0 spiro atoms. The predicted molar refractivity (Wildman–Crippen MR) is 83.9 cm³/mol. The maximum Gasteiger partial charge on any atom is 0.320 e. The minimum Gasteiger partial charge on any atom is -0.549 e. The number of quaternary nitrogens is 3. The normalized spacial score (nSPS) is 9.50. The number of nitrogens with zero attached hydrogens (tertiary/aromatic N) is 2. The van der Waals surface area contributed by atoms with Crippen molar-refractivity contribution in [1.29, 1.82) is 0 Å². The quantitative estimate of drug-likeness (QED) is 0.216. The molecule has 14 nitrogen and oxygen atoms in total. The third-order valence-electron chi connectivity index (χ3n) is 2.50. The molecule has 0 amide bonds. The number of ether oxygens (including phenoxy) is 1. The minimum absolute atomic E-state index is 0. The molecule has 13 N–H and O–H groups in total. The van der Waals surface area contributed by atoms with Crippen LogP contribution in [0.1, 0.15) is 0 Å². The summed E-state index contributed by atoms with van der Waals surface area (Å²) in [5.74, 6) is -5.31. The van der Waals surface area contributed by atoms with Crippen LogP contribution in [0.4, 0.5) is 0 Å². The van der Waals surface area contributed by atoms with Gasteiger partial charge in [0, 0.05) is 32.7 Å². The van der Waals surface area contributed by atoms with E-state index in [-0.39, 0.29) is 38.1 Å². The van der Waals surface area contributed by atoms with Gasteiger partial charge in [-0.2, -0.15) is 0 Å². The molecular formula is C12H29N5O9. The van der Waals surface area contributed by atoms with Crippen LogP contribution in [-0.2, 0) is 23.9 Å². The Balaban J connectivity index is -0.000000807. The predicted octanol–water partition coefficient (Wildman–Crippen LogP) is -5.50. The number of carboxylic acids is 3. The molecule has 26 heavy (non-hydrogen) atoms. The third kappa shape index (κ3) is 18.0. The van der Waals surface area contributed by atoms with Crippen molar-refractivity contribution in [2.75, 3.05) is 52.5 Å². The molecule has 0 aromatic rings. The Bertz CT molecular complexity index is 419. The molecule has 156 valence electrons. The molecule has 0 aromatic heterocycles. The first-order valence-corrected chi connectivity index (χ1v) is 6.55. The van der Waals surface area contributed by atoms with Crippen LogP contribution >= 0.6 is 0 Å². The van der Waals surface area contributed by atoms with E-state index in [1.165, 1.54) is 0 Å². The molecule has 0 aliphatic heterocycles. The second-order valence-electron chi connectivity index (χ2n) is 4.48. The van der Waals surface area contributed by atoms with Crippen LogP contribution in [0.15, 0.2) is 0 Å². The van der Waals surface area contributed by atoms with Crippen LogP contribution < -0.4 is 33.8 Å². The van der Waals surface area contributed by atoms with Crippen molar-refractivity contribution in [3.05, 3.63) is 0 Å². The van der Waals surface area contributed by atoms with E-state index in [1.54, 1.807) is 0 Å². The zero-order chi connectivity index (χ0) is 17.8. The number of hydrogen-bond donors (Lipinski definition) is 4. The molecule has 0 saturated heterocycles. The van der Waals surface area contributed by atoms with Crippen LogP contribution in [0.5, 0.6) is 0 Å². The van der Waals surface area contributed by atoms with Gasteiger partial charge in [0.2, 0.25) is 0 Å². The molecule has 0 radical (unpaired) electrons. The van der Waals surface area contributed by atoms with E-state index in [2.05, 4.69) is 4.74 Å². The standard InChI is InChI=1S/C12H20N2O9.3H3N/c15-3-4-23-12(22)8-14(7-11(20)21)2-1-13(5-9(16)17)6-10(18)19;;;/h15H,1-8H2,(H,16,17)(H,18,19)(H,20,21);3*1H3. The van der Waals surface area contributed by atoms with Crippen molar-refractivity contribution in [3.63, 3.8) is 0 Å². The molecule has 14 heteroatoms. The Labute approximate surface area is 150 Å². The lowest BCUT2D eigenvalue weighted by Crippen LogP contribution is -2.49. The number of aliphatic carboxylic acids is 3. The smallest absolute Gasteiger partial charge is 0.320 e. The summed E-state index contributed by atoms with van der Waals surface area (Å²) in [6, 6.07) is 0. The molecule has 0 heterocycles. The molecule has 0 aliphatic rings. The highest BCUT2D eigenvalue weighted by molar-refractivity contribution is 5.73. The first-order chi connectivity index (χ1) is 10.7. The molecule has 0 aliphatic carbocycles. The van der Waals surface area contributed by atoms with E-state index < -0.39 is 56.7 Å². The Morgan fingerprint density at radius 1 is 0.731 bits per heavy atom. The van der Waals surface area contributed by atoms with Crippen molar-refractivity contribution in [1.82, 2.24) is 28.3 Å². The summed E-state index contributed by atoms with van der Waals surface area (Å²) in [6.45, 7) is -3.41. The topological polar surface area (TPSA) is 283 Å². The molecule has 0 unspecified atom stereocenters. The van der Waals surface area contributed by atoms with Crippen molar-refractivity contribution < 1.29 is 44.3 Å². The lowest BCUT2D eigenvalue weighted by Gasteiger charge is -2.27. The van der Waals surface area contributed by atoms with Crippen molar-refractivity contribution >= 4 is 23.9 Å². The van der Waals surface area contributed by atoms with Crippen LogP contribution in [0, 0.1) is 0 Å². The number of hydrogen-bond acceptors (Lipinski definition) is 11. The van der Waals surface area contributed by atoms with Crippen LogP contribution in [0.3, 0.4) is 0 Å². The van der Waals surface area contributed by atoms with Crippen molar-refractivity contribution in [2.45, 2.75) is 0 Å². The fourth-order valence-corrected chi connectivity index (χ4v) is 1.65. The average molecular weight is 387 g/mol. The highest BCUT2D eigenvalue weighted by atomic mass is 16.5. The summed E-state index contributed by atoms with van der Waals surface area (Å²) in [5.41, 5.74) is 0. The van der Waals surface area contributed by atoms with E-state index >= 15 is 0 Å². The van der Waals surface area contributed by atoms with Crippen molar-refractivity contribution in [2.24, 2.45) is 0 Å². The van der Waals surface area contributed by atoms with Crippen molar-refractivity contribution in [3.8, 4) is 0 Å². The maximum atomic E-state index is 11.4. The maximum absolute atomic E-state index is 11.4. The Hall–Kier alpha value is -2.36. The number of aliphatic hydroxyl groups excluding tert-OH is 1. The van der Waals surface area contributed by atoms with Gasteiger partial charge in [-0.15, -0.1) is 0 Å². The summed E-state index contributed by atoms with van der Waals surface area (Å²) in [4.78, 5) is 45.1. The minimum atomic E-state index is -1.51. The molecule has 0 aromatic carbocycles. The van der Waals surface area contributed by atoms with E-state index in [0.29, 0.717) is 0 Å². The van der Waals surface area contributed by atoms with E-state index in [4.69, 9.17) is 5.11 Å². The number of carbonyl (C=O) groups is 4. The van der Waals surface area contributed by atoms with Gasteiger partial charge in [0.15, 0.2) is 0 Å². The SMILES string of the molecule is O=C([O-])CN(CCN(CC(=O)[O-])CC(=O)OCCO)CC(=O)[O-].[NH4+].[NH4+].[NH4+]. The third-order valence-corrected chi connectivity index (χ3v) is 2.50. The number of esters is 1. The van der Waals surface area contributed by atoms with Gasteiger partial charge in [-0.1, -0.05) is 0 Å². The van der Waals surface area contributed by atoms with E-state index in [0.717, 1.165) is 9.80 Å². The Kier molecular flexibility index (Phi) is 21.1. The largest absolute Gasteiger partial charge is 0.549 e. The number of rotatable bonds is 13. The summed E-state index contributed by atoms with van der Waals surface area (Å²) in [5, 5.41) is 40.2. The first-order valence-electron chi connectivity index (χ1n) is 6.55. The second-order valence-corrected chi connectivity index (χ2v) is 4.48. The molecule has 0 bridgehead atoms. The monoisotopic (exact) mass is 387 g/mol. The second kappa shape index (κ2) is 17.5. The van der Waals surface area contributed by atoms with E-state index in [1.807, 2.05) is 0 Å². The van der Waals surface area contributed by atoms with Gasteiger partial charge in [0.25, 0.3) is 0 Å². The van der Waals surface area contributed by atoms with Crippen LogP contribution in [0.25, 0.3) is 0 Å². The zero-order valence-electron chi connectivity index (χ0n) is 15.3. The average Bonchev–Trinajstić information content (AvgIpc) is 2.40. The van der Waals surface area contributed by atoms with Gasteiger partial charge in [0.05, 0.1) is 31.1 Å². The summed E-state index contributed by atoms with van der Waals surface area (Å²) < 4.78 is 4.57. The lowest BCUT2D eigenvalue weighted by molar-refractivity contribution is -0.311. The van der Waals surface area contributed by atoms with Gasteiger partial charge in [-0.05, 0) is 0 Å². The number of carbonyl (C=O) groups excluding carboxylic acids is 4. The Morgan fingerprint density at radius 2 is 1.08 bits per heavy atom. The molecule has 0 fully saturated rings. The van der Waals surface area contributed by atoms with Crippen LogP contribution in [-0.4, -0.2) is 91.3 Å². The molecule has 0 saturated carbocycles. The van der Waals surface area contributed by atoms with Gasteiger partial charge in [-0.3, -0.25) is 14.6 Å². The zero-order valence-corrected chi connectivity index (χ0v) is 15.3. The Morgan fingerprint density at radius 3 is 1.38 bits per heavy atom. The summed E-state index contributed by atoms with van der Waals surface area (Å²) >= 11 is 0. The summed E-state index contributed by atoms with van der Waals surface area (Å²) in [6.07, 6.45) is 0. The van der Waals surface area contributed by atoms with E-state index in [9.17, 15) is 34.5 Å². The lowest BCUT2D eigenvalue weighted by atomic mass is 10.4. The van der Waals surface area contributed by atoms with Gasteiger partial charge < -0.3 is 58.0 Å².